The molecule has 1 heterocycles. The smallest absolute Gasteiger partial charge is 0.251 e. The van der Waals surface area contributed by atoms with Crippen molar-refractivity contribution in [2.24, 2.45) is 0 Å². The second kappa shape index (κ2) is 5.02. The van der Waals surface area contributed by atoms with E-state index in [-0.39, 0.29) is 11.4 Å². The molecular weight excluding hydrogens is 304 g/mol. The number of aromatic nitrogens is 2. The summed E-state index contributed by atoms with van der Waals surface area (Å²) in [6.07, 6.45) is 0. The number of halogens is 2. The minimum absolute atomic E-state index is 0.192. The van der Waals surface area contributed by atoms with E-state index in [0.29, 0.717) is 11.5 Å². The molecule has 88 valence electrons. The molecule has 0 aliphatic carbocycles. The van der Waals surface area contributed by atoms with Crippen molar-refractivity contribution in [3.05, 3.63) is 50.3 Å². The quantitative estimate of drug-likeness (QED) is 0.865. The van der Waals surface area contributed by atoms with Gasteiger partial charge in [0.1, 0.15) is 5.82 Å². The number of benzene rings is 1. The van der Waals surface area contributed by atoms with E-state index in [4.69, 9.17) is 11.6 Å². The second-order valence-corrected chi connectivity index (χ2v) is 4.80. The van der Waals surface area contributed by atoms with Gasteiger partial charge in [-0.3, -0.25) is 4.79 Å². The summed E-state index contributed by atoms with van der Waals surface area (Å²) in [6, 6.07) is 7.20. The standard InChI is InChI=1S/C12H10BrClN2O/c1-7-2-3-8(4-10(7)13)12-15-9(6-14)5-11(17)16-12/h2-5H,6H2,1H3,(H,15,16,17). The van der Waals surface area contributed by atoms with Gasteiger partial charge in [-0.1, -0.05) is 28.1 Å². The fourth-order valence-corrected chi connectivity index (χ4v) is 1.97. The fraction of sp³-hybridized carbons (Fsp3) is 0.167. The second-order valence-electron chi connectivity index (χ2n) is 3.68. The molecule has 0 atom stereocenters. The monoisotopic (exact) mass is 312 g/mol. The Labute approximate surface area is 112 Å². The van der Waals surface area contributed by atoms with E-state index in [9.17, 15) is 4.79 Å². The fourth-order valence-electron chi connectivity index (χ4n) is 1.45. The van der Waals surface area contributed by atoms with Gasteiger partial charge in [-0.05, 0) is 18.6 Å². The third-order valence-corrected chi connectivity index (χ3v) is 3.51. The molecule has 0 saturated carbocycles. The number of nitrogens with one attached hydrogen (secondary N) is 1. The first-order valence-electron chi connectivity index (χ1n) is 5.03. The molecule has 1 N–H and O–H groups in total. The molecular formula is C12H10BrClN2O. The lowest BCUT2D eigenvalue weighted by molar-refractivity contribution is 1.06. The van der Waals surface area contributed by atoms with Crippen molar-refractivity contribution in [2.45, 2.75) is 12.8 Å². The van der Waals surface area contributed by atoms with Crippen molar-refractivity contribution in [1.82, 2.24) is 9.97 Å². The molecule has 17 heavy (non-hydrogen) atoms. The van der Waals surface area contributed by atoms with Crippen LogP contribution < -0.4 is 5.56 Å². The molecule has 1 aromatic carbocycles. The van der Waals surface area contributed by atoms with Crippen molar-refractivity contribution in [2.75, 3.05) is 0 Å². The first-order valence-corrected chi connectivity index (χ1v) is 6.35. The van der Waals surface area contributed by atoms with Crippen molar-refractivity contribution >= 4 is 27.5 Å². The Morgan fingerprint density at radius 2 is 2.18 bits per heavy atom. The number of alkyl halides is 1. The highest BCUT2D eigenvalue weighted by Gasteiger charge is 2.05. The Bertz CT molecular complexity index is 610. The van der Waals surface area contributed by atoms with Crippen LogP contribution in [0.4, 0.5) is 0 Å². The Balaban J connectivity index is 2.55. The molecule has 3 nitrogen and oxygen atoms in total. The zero-order chi connectivity index (χ0) is 12.4. The normalized spacial score (nSPS) is 10.5. The van der Waals surface area contributed by atoms with Gasteiger partial charge in [0.15, 0.2) is 0 Å². The van der Waals surface area contributed by atoms with Gasteiger partial charge >= 0.3 is 0 Å². The van der Waals surface area contributed by atoms with E-state index < -0.39 is 0 Å². The van der Waals surface area contributed by atoms with Crippen LogP contribution in [0.3, 0.4) is 0 Å². The molecule has 0 saturated heterocycles. The summed E-state index contributed by atoms with van der Waals surface area (Å²) in [4.78, 5) is 18.4. The lowest BCUT2D eigenvalue weighted by atomic mass is 10.1. The molecule has 0 radical (unpaired) electrons. The number of nitrogens with zero attached hydrogens (tertiary/aromatic N) is 1. The van der Waals surface area contributed by atoms with Gasteiger partial charge in [0.05, 0.1) is 11.6 Å². The predicted molar refractivity (Wildman–Crippen MR) is 72.3 cm³/mol. The number of rotatable bonds is 2. The molecule has 0 bridgehead atoms. The molecule has 2 aromatic rings. The van der Waals surface area contributed by atoms with Crippen LogP contribution >= 0.6 is 27.5 Å². The van der Waals surface area contributed by atoms with E-state index in [2.05, 4.69) is 25.9 Å². The van der Waals surface area contributed by atoms with Crippen LogP contribution in [0.2, 0.25) is 0 Å². The minimum Gasteiger partial charge on any atom is -0.307 e. The van der Waals surface area contributed by atoms with Gasteiger partial charge < -0.3 is 4.98 Å². The van der Waals surface area contributed by atoms with Gasteiger partial charge in [-0.2, -0.15) is 0 Å². The Morgan fingerprint density at radius 1 is 1.41 bits per heavy atom. The first kappa shape index (κ1) is 12.3. The largest absolute Gasteiger partial charge is 0.307 e. The Hall–Kier alpha value is -1.13. The van der Waals surface area contributed by atoms with E-state index in [0.717, 1.165) is 15.6 Å². The molecule has 0 unspecified atom stereocenters. The van der Waals surface area contributed by atoms with E-state index >= 15 is 0 Å². The summed E-state index contributed by atoms with van der Waals surface area (Å²) < 4.78 is 0.980. The number of aryl methyl sites for hydroxylation is 1. The van der Waals surface area contributed by atoms with Crippen LogP contribution in [-0.4, -0.2) is 9.97 Å². The number of H-pyrrole nitrogens is 1. The van der Waals surface area contributed by atoms with E-state index in [1.807, 2.05) is 25.1 Å². The minimum atomic E-state index is -0.192. The van der Waals surface area contributed by atoms with Crippen molar-refractivity contribution in [1.29, 1.82) is 0 Å². The Kier molecular flexibility index (Phi) is 3.64. The molecule has 0 fully saturated rings. The SMILES string of the molecule is Cc1ccc(-c2nc(CCl)cc(=O)[nH]2)cc1Br. The highest BCUT2D eigenvalue weighted by Crippen LogP contribution is 2.22. The summed E-state index contributed by atoms with van der Waals surface area (Å²) in [7, 11) is 0. The molecule has 0 amide bonds. The summed E-state index contributed by atoms with van der Waals surface area (Å²) in [5, 5.41) is 0. The maximum absolute atomic E-state index is 11.4. The van der Waals surface area contributed by atoms with Crippen LogP contribution in [0.1, 0.15) is 11.3 Å². The van der Waals surface area contributed by atoms with Crippen LogP contribution in [-0.2, 0) is 5.88 Å². The van der Waals surface area contributed by atoms with Gasteiger partial charge in [-0.25, -0.2) is 4.98 Å². The lowest BCUT2D eigenvalue weighted by Crippen LogP contribution is -2.09. The van der Waals surface area contributed by atoms with Gasteiger partial charge in [-0.15, -0.1) is 11.6 Å². The summed E-state index contributed by atoms with van der Waals surface area (Å²) in [6.45, 7) is 2.00. The number of aromatic amines is 1. The maximum atomic E-state index is 11.4. The summed E-state index contributed by atoms with van der Waals surface area (Å²) in [5.74, 6) is 0.762. The molecule has 5 heteroatoms. The summed E-state index contributed by atoms with van der Waals surface area (Å²) >= 11 is 9.14. The van der Waals surface area contributed by atoms with Crippen molar-refractivity contribution < 1.29 is 0 Å². The van der Waals surface area contributed by atoms with Crippen LogP contribution in [0, 0.1) is 6.92 Å². The third-order valence-electron chi connectivity index (χ3n) is 2.38. The molecule has 1 aromatic heterocycles. The number of hydrogen-bond donors (Lipinski definition) is 1. The van der Waals surface area contributed by atoms with Gasteiger partial charge in [0.2, 0.25) is 0 Å². The molecule has 0 aliphatic heterocycles. The highest BCUT2D eigenvalue weighted by atomic mass is 79.9. The van der Waals surface area contributed by atoms with Crippen molar-refractivity contribution in [3.8, 4) is 11.4 Å². The average Bonchev–Trinajstić information content (AvgIpc) is 2.32. The highest BCUT2D eigenvalue weighted by molar-refractivity contribution is 9.10. The average molecular weight is 314 g/mol. The topological polar surface area (TPSA) is 45.8 Å². The zero-order valence-corrected chi connectivity index (χ0v) is 11.5. The van der Waals surface area contributed by atoms with Gasteiger partial charge in [0, 0.05) is 16.1 Å². The van der Waals surface area contributed by atoms with Gasteiger partial charge in [0.25, 0.3) is 5.56 Å². The van der Waals surface area contributed by atoms with Crippen molar-refractivity contribution in [3.63, 3.8) is 0 Å². The van der Waals surface area contributed by atoms with E-state index in [1.165, 1.54) is 6.07 Å². The summed E-state index contributed by atoms with van der Waals surface area (Å²) in [5.41, 5.74) is 2.36. The Morgan fingerprint density at radius 3 is 2.82 bits per heavy atom. The predicted octanol–water partition coefficient (Wildman–Crippen LogP) is 3.25. The molecule has 0 aliphatic rings. The number of hydrogen-bond acceptors (Lipinski definition) is 2. The first-order chi connectivity index (χ1) is 8.10. The zero-order valence-electron chi connectivity index (χ0n) is 9.13. The van der Waals surface area contributed by atoms with E-state index in [1.54, 1.807) is 0 Å². The lowest BCUT2D eigenvalue weighted by Gasteiger charge is -2.04. The van der Waals surface area contributed by atoms with Crippen LogP contribution in [0.15, 0.2) is 33.5 Å². The van der Waals surface area contributed by atoms with Crippen LogP contribution in [0.25, 0.3) is 11.4 Å². The molecule has 2 rings (SSSR count). The molecule has 0 spiro atoms. The third kappa shape index (κ3) is 2.76. The van der Waals surface area contributed by atoms with Crippen LogP contribution in [0.5, 0.6) is 0 Å². The maximum Gasteiger partial charge on any atom is 0.251 e.